The van der Waals surface area contributed by atoms with Crippen LogP contribution in [0, 0.1) is 0 Å². The van der Waals surface area contributed by atoms with Crippen LogP contribution in [0.3, 0.4) is 0 Å². The fourth-order valence-corrected chi connectivity index (χ4v) is 4.75. The molecule has 2 saturated heterocycles. The molecule has 2 aliphatic rings. The van der Waals surface area contributed by atoms with Crippen molar-refractivity contribution in [3.63, 3.8) is 0 Å². The number of halogens is 1. The van der Waals surface area contributed by atoms with E-state index in [-0.39, 0.29) is 29.5 Å². The molecular weight excluding hydrogens is 480 g/mol. The van der Waals surface area contributed by atoms with Gasteiger partial charge >= 0.3 is 5.97 Å². The number of carboxylic acids is 1. The normalized spacial score (nSPS) is 17.0. The number of likely N-dealkylation sites (tertiary alicyclic amines) is 1. The Morgan fingerprint density at radius 1 is 1.12 bits per heavy atom. The molecule has 3 amide bonds. The Hall–Kier alpha value is -3.30. The predicted octanol–water partition coefficient (Wildman–Crippen LogP) is 4.28. The van der Waals surface area contributed by atoms with Crippen molar-refractivity contribution < 1.29 is 29.0 Å². The summed E-state index contributed by atoms with van der Waals surface area (Å²) in [6, 6.07) is 11.3. The number of carbonyl (C=O) groups excluding carboxylic acids is 3. The highest BCUT2D eigenvalue weighted by Crippen LogP contribution is 2.34. The summed E-state index contributed by atoms with van der Waals surface area (Å²) in [6.07, 6.45) is 3.42. The Morgan fingerprint density at radius 2 is 1.88 bits per heavy atom. The Morgan fingerprint density at radius 3 is 2.59 bits per heavy atom. The van der Waals surface area contributed by atoms with Gasteiger partial charge in [-0.25, -0.2) is 4.79 Å². The first-order chi connectivity index (χ1) is 16.3. The standard InChI is InChI=1S/C24H21ClN2O6S/c25-18-11-15(6-7-19(18)33-14-16-4-3-5-17(10-16)23(30)31)12-20-22(29)27(24(32)34-20)13-21(28)26-8-1-2-9-26/h3-7,10-12H,1-2,8-9,13-14H2,(H,30,31)/b20-12+. The van der Waals surface area contributed by atoms with E-state index in [0.717, 1.165) is 29.5 Å². The summed E-state index contributed by atoms with van der Waals surface area (Å²) in [7, 11) is 0. The second-order valence-corrected chi connectivity index (χ2v) is 9.24. The minimum Gasteiger partial charge on any atom is -0.487 e. The molecule has 176 valence electrons. The molecule has 1 N–H and O–H groups in total. The molecule has 34 heavy (non-hydrogen) atoms. The fourth-order valence-electron chi connectivity index (χ4n) is 3.67. The minimum atomic E-state index is -1.02. The van der Waals surface area contributed by atoms with Crippen molar-refractivity contribution >= 4 is 52.5 Å². The van der Waals surface area contributed by atoms with Crippen LogP contribution in [-0.2, 0) is 16.2 Å². The molecule has 2 heterocycles. The molecule has 0 radical (unpaired) electrons. The van der Waals surface area contributed by atoms with Crippen LogP contribution < -0.4 is 4.74 Å². The number of hydrogen-bond acceptors (Lipinski definition) is 6. The van der Waals surface area contributed by atoms with Crippen molar-refractivity contribution in [2.24, 2.45) is 0 Å². The summed E-state index contributed by atoms with van der Waals surface area (Å²) in [5.41, 5.74) is 1.44. The van der Waals surface area contributed by atoms with E-state index in [4.69, 9.17) is 21.4 Å². The van der Waals surface area contributed by atoms with Crippen LogP contribution in [0.4, 0.5) is 4.79 Å². The maximum Gasteiger partial charge on any atom is 0.335 e. The van der Waals surface area contributed by atoms with E-state index in [9.17, 15) is 19.2 Å². The molecule has 0 unspecified atom stereocenters. The number of imide groups is 1. The van der Waals surface area contributed by atoms with Gasteiger partial charge in [0, 0.05) is 13.1 Å². The lowest BCUT2D eigenvalue weighted by Crippen LogP contribution is -2.40. The first kappa shape index (κ1) is 23.8. The number of nitrogens with zero attached hydrogens (tertiary/aromatic N) is 2. The molecular formula is C24H21ClN2O6S. The van der Waals surface area contributed by atoms with Gasteiger partial charge in [0.2, 0.25) is 5.91 Å². The lowest BCUT2D eigenvalue weighted by atomic mass is 10.1. The van der Waals surface area contributed by atoms with Gasteiger partial charge in [-0.05, 0) is 66.1 Å². The number of amides is 3. The monoisotopic (exact) mass is 500 g/mol. The first-order valence-electron chi connectivity index (χ1n) is 10.6. The Kier molecular flexibility index (Phi) is 7.23. The minimum absolute atomic E-state index is 0.129. The van der Waals surface area contributed by atoms with Crippen molar-refractivity contribution in [1.29, 1.82) is 0 Å². The maximum atomic E-state index is 12.7. The fraction of sp³-hybridized carbons (Fsp3) is 0.250. The van der Waals surface area contributed by atoms with Crippen molar-refractivity contribution in [2.75, 3.05) is 19.6 Å². The van der Waals surface area contributed by atoms with Gasteiger partial charge in [-0.2, -0.15) is 0 Å². The Bertz CT molecular complexity index is 1190. The zero-order valence-corrected chi connectivity index (χ0v) is 19.6. The summed E-state index contributed by atoms with van der Waals surface area (Å²) in [5.74, 6) is -1.35. The number of rotatable bonds is 7. The summed E-state index contributed by atoms with van der Waals surface area (Å²) < 4.78 is 5.71. The molecule has 8 nitrogen and oxygen atoms in total. The molecule has 0 atom stereocenters. The van der Waals surface area contributed by atoms with Crippen molar-refractivity contribution in [3.8, 4) is 5.75 Å². The van der Waals surface area contributed by atoms with E-state index >= 15 is 0 Å². The van der Waals surface area contributed by atoms with Crippen LogP contribution in [0.15, 0.2) is 47.4 Å². The van der Waals surface area contributed by atoms with Gasteiger partial charge in [0.15, 0.2) is 0 Å². The molecule has 4 rings (SSSR count). The van der Waals surface area contributed by atoms with Gasteiger partial charge in [-0.1, -0.05) is 29.8 Å². The van der Waals surface area contributed by atoms with Crippen LogP contribution in [0.1, 0.15) is 34.3 Å². The zero-order chi connectivity index (χ0) is 24.2. The number of aromatic carboxylic acids is 1. The second-order valence-electron chi connectivity index (χ2n) is 7.84. The molecule has 0 aromatic heterocycles. The van der Waals surface area contributed by atoms with E-state index in [1.807, 2.05) is 0 Å². The predicted molar refractivity (Wildman–Crippen MR) is 128 cm³/mol. The van der Waals surface area contributed by atoms with Crippen LogP contribution in [0.5, 0.6) is 5.75 Å². The topological polar surface area (TPSA) is 104 Å². The average molecular weight is 501 g/mol. The Balaban J connectivity index is 1.41. The lowest BCUT2D eigenvalue weighted by Gasteiger charge is -2.18. The van der Waals surface area contributed by atoms with Gasteiger partial charge in [-0.15, -0.1) is 0 Å². The van der Waals surface area contributed by atoms with Crippen molar-refractivity contribution in [2.45, 2.75) is 19.4 Å². The van der Waals surface area contributed by atoms with Crippen LogP contribution in [0.25, 0.3) is 6.08 Å². The lowest BCUT2D eigenvalue weighted by molar-refractivity contribution is -0.135. The third-order valence-electron chi connectivity index (χ3n) is 5.45. The summed E-state index contributed by atoms with van der Waals surface area (Å²) in [6.45, 7) is 1.19. The number of hydrogen-bond donors (Lipinski definition) is 1. The average Bonchev–Trinajstić information content (AvgIpc) is 3.44. The van der Waals surface area contributed by atoms with E-state index in [0.29, 0.717) is 35.0 Å². The van der Waals surface area contributed by atoms with Gasteiger partial charge in [-0.3, -0.25) is 19.3 Å². The highest BCUT2D eigenvalue weighted by molar-refractivity contribution is 8.18. The zero-order valence-electron chi connectivity index (χ0n) is 18.0. The van der Waals surface area contributed by atoms with Crippen molar-refractivity contribution in [1.82, 2.24) is 9.80 Å². The smallest absolute Gasteiger partial charge is 0.335 e. The van der Waals surface area contributed by atoms with Crippen LogP contribution in [-0.4, -0.2) is 57.6 Å². The number of thioether (sulfide) groups is 1. The van der Waals surface area contributed by atoms with Gasteiger partial charge in [0.1, 0.15) is 18.9 Å². The highest BCUT2D eigenvalue weighted by Gasteiger charge is 2.37. The van der Waals surface area contributed by atoms with E-state index in [2.05, 4.69) is 0 Å². The molecule has 10 heteroatoms. The van der Waals surface area contributed by atoms with Crippen LogP contribution in [0.2, 0.25) is 5.02 Å². The summed E-state index contributed by atoms with van der Waals surface area (Å²) in [5, 5.41) is 8.92. The van der Waals surface area contributed by atoms with Gasteiger partial charge < -0.3 is 14.7 Å². The molecule has 2 fully saturated rings. The summed E-state index contributed by atoms with van der Waals surface area (Å²) in [4.78, 5) is 51.3. The second kappa shape index (κ2) is 10.3. The van der Waals surface area contributed by atoms with Crippen molar-refractivity contribution in [3.05, 3.63) is 69.1 Å². The number of ether oxygens (including phenoxy) is 1. The van der Waals surface area contributed by atoms with E-state index in [1.54, 1.807) is 41.3 Å². The Labute approximate surface area is 205 Å². The third-order valence-corrected chi connectivity index (χ3v) is 6.65. The number of benzene rings is 2. The molecule has 0 aliphatic carbocycles. The number of carboxylic acid groups (broad SMARTS) is 1. The molecule has 0 saturated carbocycles. The highest BCUT2D eigenvalue weighted by atomic mass is 35.5. The van der Waals surface area contributed by atoms with E-state index < -0.39 is 17.1 Å². The molecule has 0 bridgehead atoms. The molecule has 2 aromatic carbocycles. The molecule has 0 spiro atoms. The third kappa shape index (κ3) is 5.43. The maximum absolute atomic E-state index is 12.7. The largest absolute Gasteiger partial charge is 0.487 e. The SMILES string of the molecule is O=C(O)c1cccc(COc2ccc(/C=C3/SC(=O)N(CC(=O)N4CCCC4)C3=O)cc2Cl)c1. The number of carbonyl (C=O) groups is 4. The van der Waals surface area contributed by atoms with Gasteiger partial charge in [0.05, 0.1) is 15.5 Å². The quantitative estimate of drug-likeness (QED) is 0.566. The first-order valence-corrected chi connectivity index (χ1v) is 11.8. The summed E-state index contributed by atoms with van der Waals surface area (Å²) >= 11 is 7.12. The van der Waals surface area contributed by atoms with Crippen LogP contribution >= 0.6 is 23.4 Å². The van der Waals surface area contributed by atoms with Gasteiger partial charge in [0.25, 0.3) is 11.1 Å². The molecule has 2 aromatic rings. The van der Waals surface area contributed by atoms with E-state index in [1.165, 1.54) is 12.1 Å². The molecule has 2 aliphatic heterocycles.